The van der Waals surface area contributed by atoms with Crippen LogP contribution in [0, 0.1) is 0 Å². The summed E-state index contributed by atoms with van der Waals surface area (Å²) < 4.78 is 5.32. The predicted molar refractivity (Wildman–Crippen MR) is 104 cm³/mol. The lowest BCUT2D eigenvalue weighted by molar-refractivity contribution is 0.252. The number of amides is 2. The topological polar surface area (TPSA) is 83.4 Å². The van der Waals surface area contributed by atoms with Crippen molar-refractivity contribution in [1.29, 1.82) is 0 Å². The summed E-state index contributed by atoms with van der Waals surface area (Å²) in [5.74, 6) is 0. The number of rotatable bonds is 6. The third-order valence-electron chi connectivity index (χ3n) is 3.95. The zero-order chi connectivity index (χ0) is 18.4. The van der Waals surface area contributed by atoms with Gasteiger partial charge in [0.25, 0.3) is 0 Å². The number of benzene rings is 2. The van der Waals surface area contributed by atoms with Gasteiger partial charge >= 0.3 is 11.7 Å². The fourth-order valence-electron chi connectivity index (χ4n) is 2.75. The van der Waals surface area contributed by atoms with E-state index in [-0.39, 0.29) is 5.69 Å². The van der Waals surface area contributed by atoms with Crippen LogP contribution < -0.4 is 21.6 Å². The van der Waals surface area contributed by atoms with Crippen LogP contribution in [0.1, 0.15) is 12.5 Å². The van der Waals surface area contributed by atoms with Gasteiger partial charge in [-0.25, -0.2) is 9.59 Å². The van der Waals surface area contributed by atoms with E-state index in [1.54, 1.807) is 12.1 Å². The number of carbonyl (C=O) groups excluding carboxylic acids is 1. The van der Waals surface area contributed by atoms with E-state index in [1.165, 1.54) is 0 Å². The fraction of sp³-hybridized carbons (Fsp3) is 0.200. The van der Waals surface area contributed by atoms with Gasteiger partial charge in [0, 0.05) is 18.5 Å². The Labute approximate surface area is 151 Å². The van der Waals surface area contributed by atoms with Crippen molar-refractivity contribution in [2.45, 2.75) is 13.3 Å². The SMILES string of the molecule is CCNc1c(NC(=O)NCCc2ccccc2)c(=O)oc2ccccc12. The molecule has 0 aliphatic carbocycles. The third kappa shape index (κ3) is 4.03. The lowest BCUT2D eigenvalue weighted by Gasteiger charge is -2.13. The predicted octanol–water partition coefficient (Wildman–Crippen LogP) is 3.59. The van der Waals surface area contributed by atoms with Gasteiger partial charge in [-0.3, -0.25) is 5.32 Å². The van der Waals surface area contributed by atoms with E-state index in [0.717, 1.165) is 10.9 Å². The van der Waals surface area contributed by atoms with Crippen LogP contribution in [0.3, 0.4) is 0 Å². The molecule has 0 fully saturated rings. The zero-order valence-corrected chi connectivity index (χ0v) is 14.5. The summed E-state index contributed by atoms with van der Waals surface area (Å²) in [5, 5.41) is 9.28. The summed E-state index contributed by atoms with van der Waals surface area (Å²) in [5.41, 5.74) is 1.70. The summed E-state index contributed by atoms with van der Waals surface area (Å²) in [7, 11) is 0. The molecule has 2 amide bonds. The Kier molecular flexibility index (Phi) is 5.53. The van der Waals surface area contributed by atoms with Crippen molar-refractivity contribution in [2.24, 2.45) is 0 Å². The summed E-state index contributed by atoms with van der Waals surface area (Å²) in [6.45, 7) is 3.00. The van der Waals surface area contributed by atoms with E-state index in [2.05, 4.69) is 16.0 Å². The molecule has 0 atom stereocenters. The first kappa shape index (κ1) is 17.5. The lowest BCUT2D eigenvalue weighted by Crippen LogP contribution is -2.32. The molecule has 6 heteroatoms. The highest BCUT2D eigenvalue weighted by Gasteiger charge is 2.16. The van der Waals surface area contributed by atoms with Crippen molar-refractivity contribution in [3.05, 3.63) is 70.6 Å². The minimum atomic E-state index is -0.585. The van der Waals surface area contributed by atoms with E-state index in [0.29, 0.717) is 30.8 Å². The van der Waals surface area contributed by atoms with Crippen molar-refractivity contribution in [1.82, 2.24) is 5.32 Å². The van der Waals surface area contributed by atoms with E-state index < -0.39 is 11.7 Å². The van der Waals surface area contributed by atoms with E-state index in [4.69, 9.17) is 4.42 Å². The molecule has 3 N–H and O–H groups in total. The molecule has 0 saturated heterocycles. The largest absolute Gasteiger partial charge is 0.421 e. The number of para-hydroxylation sites is 1. The highest BCUT2D eigenvalue weighted by molar-refractivity contribution is 6.01. The Hall–Kier alpha value is -3.28. The quantitative estimate of drug-likeness (QED) is 0.593. The molecule has 3 rings (SSSR count). The first-order valence-electron chi connectivity index (χ1n) is 8.57. The molecular formula is C20H21N3O3. The average molecular weight is 351 g/mol. The zero-order valence-electron chi connectivity index (χ0n) is 14.5. The normalized spacial score (nSPS) is 10.5. The van der Waals surface area contributed by atoms with Gasteiger partial charge in [0.1, 0.15) is 5.58 Å². The minimum absolute atomic E-state index is 0.114. The molecule has 0 saturated carbocycles. The summed E-state index contributed by atoms with van der Waals surface area (Å²) in [6, 6.07) is 16.6. The number of nitrogens with one attached hydrogen (secondary N) is 3. The molecule has 2 aromatic carbocycles. The van der Waals surface area contributed by atoms with Gasteiger partial charge in [0.05, 0.1) is 5.69 Å². The van der Waals surface area contributed by atoms with E-state index in [9.17, 15) is 9.59 Å². The summed E-state index contributed by atoms with van der Waals surface area (Å²) >= 11 is 0. The molecule has 0 bridgehead atoms. The fourth-order valence-corrected chi connectivity index (χ4v) is 2.75. The number of carbonyl (C=O) groups is 1. The number of hydrogen-bond acceptors (Lipinski definition) is 4. The molecule has 0 unspecified atom stereocenters. The molecule has 0 aliphatic rings. The van der Waals surface area contributed by atoms with Crippen molar-refractivity contribution in [3.8, 4) is 0 Å². The first-order valence-corrected chi connectivity index (χ1v) is 8.57. The molecule has 26 heavy (non-hydrogen) atoms. The molecule has 134 valence electrons. The van der Waals surface area contributed by atoms with Crippen LogP contribution in [0.2, 0.25) is 0 Å². The molecule has 3 aromatic rings. The van der Waals surface area contributed by atoms with Crippen molar-refractivity contribution < 1.29 is 9.21 Å². The second kappa shape index (κ2) is 8.20. The van der Waals surface area contributed by atoms with Gasteiger partial charge in [-0.2, -0.15) is 0 Å². The second-order valence-corrected chi connectivity index (χ2v) is 5.78. The molecule has 1 heterocycles. The Morgan fingerprint density at radius 3 is 2.50 bits per heavy atom. The number of hydrogen-bond donors (Lipinski definition) is 3. The van der Waals surface area contributed by atoms with Crippen LogP contribution >= 0.6 is 0 Å². The monoisotopic (exact) mass is 351 g/mol. The maximum atomic E-state index is 12.3. The second-order valence-electron chi connectivity index (χ2n) is 5.78. The van der Waals surface area contributed by atoms with Crippen molar-refractivity contribution in [2.75, 3.05) is 23.7 Å². The molecule has 6 nitrogen and oxygen atoms in total. The Morgan fingerprint density at radius 2 is 1.73 bits per heavy atom. The maximum Gasteiger partial charge on any atom is 0.362 e. The summed E-state index contributed by atoms with van der Waals surface area (Å²) in [6.07, 6.45) is 0.709. The number of urea groups is 1. The highest BCUT2D eigenvalue weighted by atomic mass is 16.4. The van der Waals surface area contributed by atoms with Crippen LogP contribution in [0.25, 0.3) is 11.0 Å². The standard InChI is InChI=1S/C20H21N3O3/c1-2-21-17-15-10-6-7-11-16(15)26-19(24)18(17)23-20(25)22-13-12-14-8-4-3-5-9-14/h3-11,21H,2,12-13H2,1H3,(H2,22,23,25). The lowest BCUT2D eigenvalue weighted by atomic mass is 10.1. The van der Waals surface area contributed by atoms with E-state index in [1.807, 2.05) is 49.4 Å². The highest BCUT2D eigenvalue weighted by Crippen LogP contribution is 2.28. The third-order valence-corrected chi connectivity index (χ3v) is 3.95. The Balaban J connectivity index is 1.75. The molecule has 0 spiro atoms. The summed E-state index contributed by atoms with van der Waals surface area (Å²) in [4.78, 5) is 24.5. The molecule has 0 aliphatic heterocycles. The van der Waals surface area contributed by atoms with Crippen LogP contribution in [0.5, 0.6) is 0 Å². The van der Waals surface area contributed by atoms with Gasteiger partial charge in [-0.15, -0.1) is 0 Å². The van der Waals surface area contributed by atoms with Gasteiger partial charge in [-0.05, 0) is 31.0 Å². The molecular weight excluding hydrogens is 330 g/mol. The number of fused-ring (bicyclic) bond motifs is 1. The Bertz CT molecular complexity index is 951. The smallest absolute Gasteiger partial charge is 0.362 e. The van der Waals surface area contributed by atoms with Crippen LogP contribution in [0.15, 0.2) is 63.8 Å². The van der Waals surface area contributed by atoms with Gasteiger partial charge < -0.3 is 15.1 Å². The average Bonchev–Trinajstić information content (AvgIpc) is 2.65. The molecule has 0 radical (unpaired) electrons. The van der Waals surface area contributed by atoms with Crippen molar-refractivity contribution in [3.63, 3.8) is 0 Å². The number of anilines is 2. The van der Waals surface area contributed by atoms with Gasteiger partial charge in [-0.1, -0.05) is 42.5 Å². The van der Waals surface area contributed by atoms with Crippen LogP contribution in [-0.4, -0.2) is 19.1 Å². The van der Waals surface area contributed by atoms with Gasteiger partial charge in [0.2, 0.25) is 0 Å². The van der Waals surface area contributed by atoms with E-state index >= 15 is 0 Å². The maximum absolute atomic E-state index is 12.3. The van der Waals surface area contributed by atoms with Gasteiger partial charge in [0.15, 0.2) is 5.69 Å². The van der Waals surface area contributed by atoms with Crippen molar-refractivity contribution >= 4 is 28.4 Å². The van der Waals surface area contributed by atoms with Crippen LogP contribution in [0.4, 0.5) is 16.2 Å². The minimum Gasteiger partial charge on any atom is -0.421 e. The molecule has 1 aromatic heterocycles. The first-order chi connectivity index (χ1) is 12.7. The Morgan fingerprint density at radius 1 is 1.00 bits per heavy atom. The van der Waals surface area contributed by atoms with Crippen LogP contribution in [-0.2, 0) is 6.42 Å².